The third-order valence-electron chi connectivity index (χ3n) is 6.42. The number of fused-ring (bicyclic) bond motifs is 1. The normalized spacial score (nSPS) is 17.7. The Morgan fingerprint density at radius 2 is 1.76 bits per heavy atom. The molecule has 0 radical (unpaired) electrons. The van der Waals surface area contributed by atoms with E-state index in [-0.39, 0.29) is 11.6 Å². The Hall–Kier alpha value is -3.14. The molecule has 38 heavy (non-hydrogen) atoms. The van der Waals surface area contributed by atoms with E-state index >= 15 is 0 Å². The molecule has 1 atom stereocenters. The van der Waals surface area contributed by atoms with Crippen LogP contribution >= 0.6 is 11.6 Å². The van der Waals surface area contributed by atoms with Gasteiger partial charge in [0.1, 0.15) is 11.6 Å². The lowest BCUT2D eigenvalue weighted by Crippen LogP contribution is -2.51. The predicted octanol–water partition coefficient (Wildman–Crippen LogP) is 6.56. The fourth-order valence-electron chi connectivity index (χ4n) is 4.84. The van der Waals surface area contributed by atoms with Crippen molar-refractivity contribution in [1.29, 1.82) is 0 Å². The van der Waals surface area contributed by atoms with Crippen LogP contribution in [0.25, 0.3) is 0 Å². The zero-order valence-corrected chi connectivity index (χ0v) is 22.4. The lowest BCUT2D eigenvalue weighted by Gasteiger charge is -2.35. The predicted molar refractivity (Wildman–Crippen MR) is 142 cm³/mol. The number of carbonyl (C=O) groups excluding carboxylic acids is 2. The maximum absolute atomic E-state index is 13.2. The van der Waals surface area contributed by atoms with E-state index in [1.54, 1.807) is 39.0 Å². The number of nitrogens with one attached hydrogen (secondary N) is 2. The van der Waals surface area contributed by atoms with E-state index in [1.165, 1.54) is 22.3 Å². The Morgan fingerprint density at radius 1 is 1.05 bits per heavy atom. The minimum atomic E-state index is -4.49. The lowest BCUT2D eigenvalue weighted by atomic mass is 10.0. The zero-order valence-electron chi connectivity index (χ0n) is 21.6. The summed E-state index contributed by atoms with van der Waals surface area (Å²) in [6.45, 7) is 7.00. The second-order valence-electron chi connectivity index (χ2n) is 10.6. The first-order chi connectivity index (χ1) is 17.8. The second-order valence-corrected chi connectivity index (χ2v) is 11.0. The highest BCUT2D eigenvalue weighted by atomic mass is 35.5. The van der Waals surface area contributed by atoms with Crippen LogP contribution in [0.3, 0.4) is 0 Å². The van der Waals surface area contributed by atoms with Gasteiger partial charge in [-0.25, -0.2) is 4.79 Å². The van der Waals surface area contributed by atoms with E-state index in [9.17, 15) is 22.8 Å². The molecule has 0 spiro atoms. The first kappa shape index (κ1) is 27.9. The largest absolute Gasteiger partial charge is 0.482 e. The molecule has 206 valence electrons. The molecule has 0 aromatic heterocycles. The van der Waals surface area contributed by atoms with Crippen molar-refractivity contribution >= 4 is 40.7 Å². The van der Waals surface area contributed by atoms with Gasteiger partial charge in [0.2, 0.25) is 5.91 Å². The SMILES string of the molecule is CC(C)(C)OC(=O)N1CCCC[C@@H]1C(=O)Nc1cc(Cl)c2c(c1)CCN2Cc1ccc(NC(F)(F)F)cc1. The highest BCUT2D eigenvalue weighted by Gasteiger charge is 2.35. The number of piperidine rings is 1. The van der Waals surface area contributed by atoms with Gasteiger partial charge in [-0.3, -0.25) is 15.0 Å². The number of likely N-dealkylation sites (tertiary alicyclic amines) is 1. The van der Waals surface area contributed by atoms with Gasteiger partial charge >= 0.3 is 12.4 Å². The van der Waals surface area contributed by atoms with Crippen LogP contribution in [0.2, 0.25) is 5.02 Å². The third kappa shape index (κ3) is 7.03. The summed E-state index contributed by atoms with van der Waals surface area (Å²) in [6, 6.07) is 9.03. The van der Waals surface area contributed by atoms with Crippen LogP contribution in [-0.2, 0) is 22.5 Å². The Morgan fingerprint density at radius 3 is 2.42 bits per heavy atom. The minimum Gasteiger partial charge on any atom is -0.444 e. The third-order valence-corrected chi connectivity index (χ3v) is 6.71. The number of hydrogen-bond acceptors (Lipinski definition) is 5. The van der Waals surface area contributed by atoms with Crippen LogP contribution in [0, 0.1) is 0 Å². The van der Waals surface area contributed by atoms with Crippen molar-refractivity contribution < 1.29 is 27.5 Å². The van der Waals surface area contributed by atoms with Gasteiger partial charge in [-0.2, -0.15) is 13.2 Å². The fourth-order valence-corrected chi connectivity index (χ4v) is 5.20. The summed E-state index contributed by atoms with van der Waals surface area (Å²) in [6.07, 6.45) is -2.08. The highest BCUT2D eigenvalue weighted by molar-refractivity contribution is 6.34. The quantitative estimate of drug-likeness (QED) is 0.411. The van der Waals surface area contributed by atoms with E-state index in [2.05, 4.69) is 10.2 Å². The molecule has 2 N–H and O–H groups in total. The number of halogens is 4. The van der Waals surface area contributed by atoms with E-state index in [4.69, 9.17) is 16.3 Å². The van der Waals surface area contributed by atoms with Crippen molar-refractivity contribution in [3.8, 4) is 0 Å². The molecule has 11 heteroatoms. The van der Waals surface area contributed by atoms with Crippen LogP contribution in [-0.4, -0.2) is 47.9 Å². The average molecular weight is 553 g/mol. The number of nitrogens with zero attached hydrogens (tertiary/aromatic N) is 2. The van der Waals surface area contributed by atoms with Crippen molar-refractivity contribution in [3.05, 3.63) is 52.5 Å². The molecule has 2 aliphatic rings. The molecule has 1 saturated heterocycles. The van der Waals surface area contributed by atoms with Crippen molar-refractivity contribution in [2.24, 2.45) is 0 Å². The second kappa shape index (κ2) is 10.9. The summed E-state index contributed by atoms with van der Waals surface area (Å²) in [5.41, 5.74) is 2.53. The monoisotopic (exact) mass is 552 g/mol. The van der Waals surface area contributed by atoms with Crippen LogP contribution < -0.4 is 15.5 Å². The summed E-state index contributed by atoms with van der Waals surface area (Å²) in [5, 5.41) is 4.89. The summed E-state index contributed by atoms with van der Waals surface area (Å²) in [5.74, 6) is -0.283. The molecule has 4 rings (SSSR count). The maximum atomic E-state index is 13.2. The van der Waals surface area contributed by atoms with Gasteiger partial charge in [-0.05, 0) is 81.8 Å². The van der Waals surface area contributed by atoms with Crippen LogP contribution in [0.4, 0.5) is 35.0 Å². The Labute approximate surface area is 225 Å². The molecule has 2 heterocycles. The van der Waals surface area contributed by atoms with Crippen LogP contribution in [0.15, 0.2) is 36.4 Å². The van der Waals surface area contributed by atoms with Gasteiger partial charge < -0.3 is 15.0 Å². The van der Waals surface area contributed by atoms with Gasteiger partial charge in [0.15, 0.2) is 0 Å². The van der Waals surface area contributed by atoms with Crippen molar-refractivity contribution in [2.45, 2.75) is 70.9 Å². The molecular formula is C27H32ClF3N4O3. The number of alkyl halides is 3. The van der Waals surface area contributed by atoms with Gasteiger partial charge in [0, 0.05) is 31.0 Å². The molecule has 0 bridgehead atoms. The molecule has 2 aromatic carbocycles. The molecule has 0 unspecified atom stereocenters. The number of carbonyl (C=O) groups is 2. The Bertz CT molecular complexity index is 1180. The van der Waals surface area contributed by atoms with Crippen molar-refractivity contribution in [1.82, 2.24) is 4.90 Å². The number of hydrogen-bond donors (Lipinski definition) is 2. The van der Waals surface area contributed by atoms with Gasteiger partial charge in [0.05, 0.1) is 10.7 Å². The van der Waals surface area contributed by atoms with Crippen LogP contribution in [0.5, 0.6) is 0 Å². The number of anilines is 3. The van der Waals surface area contributed by atoms with Crippen molar-refractivity contribution in [2.75, 3.05) is 28.6 Å². The summed E-state index contributed by atoms with van der Waals surface area (Å²) in [4.78, 5) is 29.5. The molecule has 1 fully saturated rings. The Balaban J connectivity index is 1.43. The summed E-state index contributed by atoms with van der Waals surface area (Å²) in [7, 11) is 0. The van der Waals surface area contributed by atoms with Gasteiger partial charge in [0.25, 0.3) is 0 Å². The van der Waals surface area contributed by atoms with Gasteiger partial charge in [-0.1, -0.05) is 23.7 Å². The number of amides is 2. The smallest absolute Gasteiger partial charge is 0.444 e. The number of ether oxygens (including phenoxy) is 1. The summed E-state index contributed by atoms with van der Waals surface area (Å²) < 4.78 is 43.1. The number of rotatable bonds is 5. The van der Waals surface area contributed by atoms with Crippen LogP contribution in [0.1, 0.15) is 51.2 Å². The average Bonchev–Trinajstić information content (AvgIpc) is 3.21. The van der Waals surface area contributed by atoms with Gasteiger partial charge in [-0.15, -0.1) is 0 Å². The first-order valence-corrected chi connectivity index (χ1v) is 13.0. The van der Waals surface area contributed by atoms with E-state index in [0.717, 1.165) is 29.7 Å². The molecule has 0 aliphatic carbocycles. The molecule has 2 amide bonds. The minimum absolute atomic E-state index is 0.0234. The molecule has 2 aliphatic heterocycles. The number of benzene rings is 2. The standard InChI is InChI=1S/C27H32ClF3N4O3/c1-26(2,3)38-25(37)35-12-5-4-6-22(35)24(36)32-20-14-18-11-13-34(23(18)21(28)15-20)16-17-7-9-19(10-8-17)33-27(29,30)31/h7-10,14-15,22,33H,4-6,11-13,16H2,1-3H3,(H,32,36)/t22-/m1/s1. The first-order valence-electron chi connectivity index (χ1n) is 12.6. The highest BCUT2D eigenvalue weighted by Crippen LogP contribution is 2.39. The maximum Gasteiger partial charge on any atom is 0.482 e. The zero-order chi connectivity index (χ0) is 27.7. The van der Waals surface area contributed by atoms with E-state index < -0.39 is 24.0 Å². The van der Waals surface area contributed by atoms with Crippen molar-refractivity contribution in [3.63, 3.8) is 0 Å². The van der Waals surface area contributed by atoms with E-state index in [1.807, 2.05) is 6.07 Å². The fraction of sp³-hybridized carbons (Fsp3) is 0.481. The topological polar surface area (TPSA) is 73.9 Å². The molecular weight excluding hydrogens is 521 g/mol. The molecule has 7 nitrogen and oxygen atoms in total. The molecule has 2 aromatic rings. The Kier molecular flexibility index (Phi) is 8.01. The van der Waals surface area contributed by atoms with E-state index in [0.29, 0.717) is 43.2 Å². The lowest BCUT2D eigenvalue weighted by molar-refractivity contribution is -0.122. The molecule has 0 saturated carbocycles. The summed E-state index contributed by atoms with van der Waals surface area (Å²) >= 11 is 6.64.